The SMILES string of the molecule is Nc1ccnc(C(=O)Oc2ccc(F)cc2)n1. The van der Waals surface area contributed by atoms with Gasteiger partial charge in [-0.1, -0.05) is 0 Å². The van der Waals surface area contributed by atoms with Crippen molar-refractivity contribution in [1.82, 2.24) is 9.97 Å². The van der Waals surface area contributed by atoms with Gasteiger partial charge in [0.25, 0.3) is 0 Å². The second-order valence-corrected chi connectivity index (χ2v) is 3.15. The van der Waals surface area contributed by atoms with Gasteiger partial charge in [-0.25, -0.2) is 19.2 Å². The molecule has 0 bridgehead atoms. The molecule has 1 heterocycles. The van der Waals surface area contributed by atoms with Gasteiger partial charge in [-0.3, -0.25) is 0 Å². The van der Waals surface area contributed by atoms with E-state index in [1.165, 1.54) is 36.5 Å². The van der Waals surface area contributed by atoms with Crippen molar-refractivity contribution < 1.29 is 13.9 Å². The number of anilines is 1. The molecule has 0 radical (unpaired) electrons. The fourth-order valence-electron chi connectivity index (χ4n) is 1.13. The van der Waals surface area contributed by atoms with E-state index >= 15 is 0 Å². The highest BCUT2D eigenvalue weighted by atomic mass is 19.1. The fraction of sp³-hybridized carbons (Fsp3) is 0. The molecule has 5 nitrogen and oxygen atoms in total. The highest BCUT2D eigenvalue weighted by molar-refractivity contribution is 5.87. The molecule has 1 aromatic carbocycles. The average molecular weight is 233 g/mol. The van der Waals surface area contributed by atoms with Crippen molar-refractivity contribution in [2.75, 3.05) is 5.73 Å². The molecular formula is C11H8FN3O2. The second-order valence-electron chi connectivity index (χ2n) is 3.15. The normalized spacial score (nSPS) is 9.94. The number of esters is 1. The third-order valence-electron chi connectivity index (χ3n) is 1.88. The Morgan fingerprint density at radius 2 is 1.94 bits per heavy atom. The number of hydrogen-bond donors (Lipinski definition) is 1. The van der Waals surface area contributed by atoms with Gasteiger partial charge in [0.15, 0.2) is 0 Å². The fourth-order valence-corrected chi connectivity index (χ4v) is 1.13. The summed E-state index contributed by atoms with van der Waals surface area (Å²) in [5.41, 5.74) is 5.40. The Kier molecular flexibility index (Phi) is 2.95. The summed E-state index contributed by atoms with van der Waals surface area (Å²) < 4.78 is 17.5. The van der Waals surface area contributed by atoms with Gasteiger partial charge < -0.3 is 10.5 Å². The smallest absolute Gasteiger partial charge is 0.381 e. The van der Waals surface area contributed by atoms with E-state index in [0.717, 1.165) is 0 Å². The first-order valence-electron chi connectivity index (χ1n) is 4.71. The van der Waals surface area contributed by atoms with Crippen molar-refractivity contribution in [2.45, 2.75) is 0 Å². The van der Waals surface area contributed by atoms with Crippen LogP contribution in [0.25, 0.3) is 0 Å². The van der Waals surface area contributed by atoms with Crippen LogP contribution in [0, 0.1) is 5.82 Å². The molecule has 0 unspecified atom stereocenters. The van der Waals surface area contributed by atoms with E-state index in [4.69, 9.17) is 10.5 Å². The minimum Gasteiger partial charge on any atom is -0.421 e. The minimum absolute atomic E-state index is 0.144. The molecule has 0 spiro atoms. The predicted octanol–water partition coefficient (Wildman–Crippen LogP) is 1.42. The van der Waals surface area contributed by atoms with Crippen molar-refractivity contribution in [3.8, 4) is 5.75 Å². The highest BCUT2D eigenvalue weighted by Crippen LogP contribution is 2.12. The molecule has 86 valence electrons. The van der Waals surface area contributed by atoms with E-state index in [2.05, 4.69) is 9.97 Å². The van der Waals surface area contributed by atoms with Gasteiger partial charge in [-0.2, -0.15) is 0 Å². The van der Waals surface area contributed by atoms with Crippen LogP contribution < -0.4 is 10.5 Å². The van der Waals surface area contributed by atoms with Gasteiger partial charge in [0, 0.05) is 6.20 Å². The van der Waals surface area contributed by atoms with E-state index < -0.39 is 11.8 Å². The van der Waals surface area contributed by atoms with Gasteiger partial charge in [0.05, 0.1) is 0 Å². The average Bonchev–Trinajstić information content (AvgIpc) is 2.32. The lowest BCUT2D eigenvalue weighted by molar-refractivity contribution is 0.0722. The summed E-state index contributed by atoms with van der Waals surface area (Å²) in [6.45, 7) is 0. The Balaban J connectivity index is 2.14. The molecule has 0 saturated heterocycles. The monoisotopic (exact) mass is 233 g/mol. The zero-order valence-corrected chi connectivity index (χ0v) is 8.63. The molecule has 1 aromatic heterocycles. The highest BCUT2D eigenvalue weighted by Gasteiger charge is 2.12. The Hall–Kier alpha value is -2.50. The number of carbonyl (C=O) groups is 1. The number of hydrogen-bond acceptors (Lipinski definition) is 5. The summed E-state index contributed by atoms with van der Waals surface area (Å²) in [5.74, 6) is -0.920. The largest absolute Gasteiger partial charge is 0.421 e. The Morgan fingerprint density at radius 3 is 2.59 bits per heavy atom. The Morgan fingerprint density at radius 1 is 1.24 bits per heavy atom. The predicted molar refractivity (Wildman–Crippen MR) is 57.8 cm³/mol. The molecule has 0 atom stereocenters. The molecule has 2 aromatic rings. The number of halogens is 1. The van der Waals surface area contributed by atoms with Crippen molar-refractivity contribution in [3.63, 3.8) is 0 Å². The maximum atomic E-state index is 12.6. The summed E-state index contributed by atoms with van der Waals surface area (Å²) in [6, 6.07) is 6.49. The maximum absolute atomic E-state index is 12.6. The first-order chi connectivity index (χ1) is 8.15. The summed E-state index contributed by atoms with van der Waals surface area (Å²) in [4.78, 5) is 19.0. The van der Waals surface area contributed by atoms with E-state index in [1.54, 1.807) is 0 Å². The van der Waals surface area contributed by atoms with Crippen molar-refractivity contribution in [2.24, 2.45) is 0 Å². The molecule has 0 saturated carbocycles. The first kappa shape index (κ1) is 11.0. The van der Waals surface area contributed by atoms with Gasteiger partial charge in [0.2, 0.25) is 5.82 Å². The third-order valence-corrected chi connectivity index (χ3v) is 1.88. The molecule has 2 N–H and O–H groups in total. The van der Waals surface area contributed by atoms with E-state index in [1.807, 2.05) is 0 Å². The molecular weight excluding hydrogens is 225 g/mol. The number of aromatic nitrogens is 2. The molecule has 0 aliphatic heterocycles. The van der Waals surface area contributed by atoms with Crippen LogP contribution in [0.15, 0.2) is 36.5 Å². The Labute approximate surface area is 96.1 Å². The lowest BCUT2D eigenvalue weighted by atomic mass is 10.3. The maximum Gasteiger partial charge on any atom is 0.381 e. The topological polar surface area (TPSA) is 78.1 Å². The van der Waals surface area contributed by atoms with E-state index in [-0.39, 0.29) is 17.4 Å². The third kappa shape index (κ3) is 2.75. The lowest BCUT2D eigenvalue weighted by Crippen LogP contribution is -2.13. The molecule has 17 heavy (non-hydrogen) atoms. The van der Waals surface area contributed by atoms with E-state index in [0.29, 0.717) is 0 Å². The summed E-state index contributed by atoms with van der Waals surface area (Å²) in [5, 5.41) is 0. The van der Waals surface area contributed by atoms with Crippen LogP contribution in [0.3, 0.4) is 0 Å². The molecule has 0 aliphatic rings. The van der Waals surface area contributed by atoms with Crippen LogP contribution in [-0.4, -0.2) is 15.9 Å². The zero-order chi connectivity index (χ0) is 12.3. The molecule has 6 heteroatoms. The molecule has 0 aliphatic carbocycles. The van der Waals surface area contributed by atoms with Gasteiger partial charge >= 0.3 is 5.97 Å². The van der Waals surface area contributed by atoms with Crippen LogP contribution >= 0.6 is 0 Å². The number of nitrogen functional groups attached to an aromatic ring is 1. The summed E-state index contributed by atoms with van der Waals surface area (Å²) in [6.07, 6.45) is 1.35. The number of ether oxygens (including phenoxy) is 1. The second kappa shape index (κ2) is 4.56. The van der Waals surface area contributed by atoms with Crippen molar-refractivity contribution >= 4 is 11.8 Å². The Bertz CT molecular complexity index is 543. The summed E-state index contributed by atoms with van der Waals surface area (Å²) >= 11 is 0. The zero-order valence-electron chi connectivity index (χ0n) is 8.63. The molecule has 0 fully saturated rings. The van der Waals surface area contributed by atoms with Gasteiger partial charge in [0.1, 0.15) is 17.4 Å². The van der Waals surface area contributed by atoms with Crippen LogP contribution in [0.2, 0.25) is 0 Å². The minimum atomic E-state index is -0.746. The van der Waals surface area contributed by atoms with Crippen LogP contribution in [0.4, 0.5) is 10.2 Å². The van der Waals surface area contributed by atoms with Crippen molar-refractivity contribution in [1.29, 1.82) is 0 Å². The first-order valence-corrected chi connectivity index (χ1v) is 4.71. The standard InChI is InChI=1S/C11H8FN3O2/c12-7-1-3-8(4-2-7)17-11(16)10-14-6-5-9(13)15-10/h1-6H,(H2,13,14,15). The van der Waals surface area contributed by atoms with Gasteiger partial charge in [-0.05, 0) is 30.3 Å². The lowest BCUT2D eigenvalue weighted by Gasteiger charge is -2.02. The summed E-state index contributed by atoms with van der Waals surface area (Å²) in [7, 11) is 0. The van der Waals surface area contributed by atoms with E-state index in [9.17, 15) is 9.18 Å². The molecule has 0 amide bonds. The van der Waals surface area contributed by atoms with Crippen LogP contribution in [0.1, 0.15) is 10.6 Å². The van der Waals surface area contributed by atoms with Crippen molar-refractivity contribution in [3.05, 3.63) is 48.2 Å². The number of nitrogens with two attached hydrogens (primary N) is 1. The van der Waals surface area contributed by atoms with Crippen LogP contribution in [0.5, 0.6) is 5.75 Å². The molecule has 2 rings (SSSR count). The van der Waals surface area contributed by atoms with Crippen LogP contribution in [-0.2, 0) is 0 Å². The number of rotatable bonds is 2. The van der Waals surface area contributed by atoms with Gasteiger partial charge in [-0.15, -0.1) is 0 Å². The number of carbonyl (C=O) groups excluding carboxylic acids is 1. The number of benzene rings is 1. The quantitative estimate of drug-likeness (QED) is 0.626. The number of nitrogens with zero attached hydrogens (tertiary/aromatic N) is 2.